The van der Waals surface area contributed by atoms with Crippen LogP contribution in [0, 0.1) is 0 Å². The van der Waals surface area contributed by atoms with Crippen LogP contribution in [0.5, 0.6) is 0 Å². The Morgan fingerprint density at radius 1 is 1.42 bits per heavy atom. The van der Waals surface area contributed by atoms with Gasteiger partial charge in [0.15, 0.2) is 6.10 Å². The molecule has 1 rings (SSSR count). The molecule has 0 amide bonds. The summed E-state index contributed by atoms with van der Waals surface area (Å²) >= 11 is 4.24. The molecule has 1 unspecified atom stereocenters. The molecule has 6 heteroatoms. The van der Waals surface area contributed by atoms with Gasteiger partial charge in [0, 0.05) is 11.3 Å². The number of carboxylic acid groups (broad SMARTS) is 1. The fraction of sp³-hybridized carbons (Fsp3) is 0.385. The van der Waals surface area contributed by atoms with E-state index in [1.807, 2.05) is 0 Å². The SMILES string of the molecule is CCOC(=O)CCc1cc(C(O)C(=O)O)ccc1S. The maximum Gasteiger partial charge on any atom is 0.337 e. The second kappa shape index (κ2) is 7.16. The summed E-state index contributed by atoms with van der Waals surface area (Å²) in [7, 11) is 0. The summed E-state index contributed by atoms with van der Waals surface area (Å²) in [5.74, 6) is -1.64. The van der Waals surface area contributed by atoms with Crippen molar-refractivity contribution >= 4 is 24.6 Å². The number of aliphatic hydroxyl groups is 1. The molecule has 0 radical (unpaired) electrons. The predicted molar refractivity (Wildman–Crippen MR) is 71.2 cm³/mol. The average molecular weight is 284 g/mol. The highest BCUT2D eigenvalue weighted by atomic mass is 32.1. The van der Waals surface area contributed by atoms with Crippen molar-refractivity contribution in [3.8, 4) is 0 Å². The van der Waals surface area contributed by atoms with Crippen molar-refractivity contribution in [3.63, 3.8) is 0 Å². The number of carbonyl (C=O) groups is 2. The molecule has 0 spiro atoms. The van der Waals surface area contributed by atoms with Crippen molar-refractivity contribution in [1.82, 2.24) is 0 Å². The molecule has 0 aliphatic carbocycles. The van der Waals surface area contributed by atoms with Gasteiger partial charge in [0.05, 0.1) is 6.61 Å². The third kappa shape index (κ3) is 4.57. The van der Waals surface area contributed by atoms with Crippen LogP contribution in [-0.2, 0) is 20.7 Å². The number of aliphatic carboxylic acids is 1. The first-order valence-corrected chi connectivity index (χ1v) is 6.28. The van der Waals surface area contributed by atoms with Crippen LogP contribution in [0.15, 0.2) is 23.1 Å². The summed E-state index contributed by atoms with van der Waals surface area (Å²) in [5, 5.41) is 18.2. The Hall–Kier alpha value is -1.53. The van der Waals surface area contributed by atoms with Crippen LogP contribution < -0.4 is 0 Å². The fourth-order valence-electron chi connectivity index (χ4n) is 1.59. The van der Waals surface area contributed by atoms with Crippen LogP contribution in [0.25, 0.3) is 0 Å². The van der Waals surface area contributed by atoms with E-state index in [0.29, 0.717) is 23.5 Å². The summed E-state index contributed by atoms with van der Waals surface area (Å²) in [5.41, 5.74) is 0.971. The number of thiol groups is 1. The number of aliphatic hydroxyl groups excluding tert-OH is 1. The number of rotatable bonds is 6. The molecule has 0 aliphatic heterocycles. The summed E-state index contributed by atoms with van der Waals surface area (Å²) in [6, 6.07) is 4.64. The molecule has 0 saturated carbocycles. The van der Waals surface area contributed by atoms with Gasteiger partial charge in [-0.1, -0.05) is 12.1 Å². The van der Waals surface area contributed by atoms with Gasteiger partial charge in [-0.15, -0.1) is 12.6 Å². The molecule has 1 aromatic rings. The molecule has 0 saturated heterocycles. The van der Waals surface area contributed by atoms with Gasteiger partial charge in [-0.05, 0) is 30.5 Å². The number of aryl methyl sites for hydroxylation is 1. The minimum Gasteiger partial charge on any atom is -0.479 e. The van der Waals surface area contributed by atoms with E-state index in [-0.39, 0.29) is 18.0 Å². The van der Waals surface area contributed by atoms with Crippen LogP contribution >= 0.6 is 12.6 Å². The van der Waals surface area contributed by atoms with Crippen LogP contribution in [0.2, 0.25) is 0 Å². The monoisotopic (exact) mass is 284 g/mol. The lowest BCUT2D eigenvalue weighted by atomic mass is 10.0. The topological polar surface area (TPSA) is 83.8 Å². The van der Waals surface area contributed by atoms with Crippen molar-refractivity contribution in [1.29, 1.82) is 0 Å². The number of carbonyl (C=O) groups excluding carboxylic acids is 1. The Kier molecular flexibility index (Phi) is 5.85. The maximum atomic E-state index is 11.3. The van der Waals surface area contributed by atoms with Crippen molar-refractivity contribution in [2.24, 2.45) is 0 Å². The Bertz CT molecular complexity index is 472. The van der Waals surface area contributed by atoms with Gasteiger partial charge in [0.2, 0.25) is 0 Å². The molecular weight excluding hydrogens is 268 g/mol. The first kappa shape index (κ1) is 15.5. The van der Waals surface area contributed by atoms with Crippen LogP contribution in [0.4, 0.5) is 0 Å². The molecule has 104 valence electrons. The molecule has 1 atom stereocenters. The quantitative estimate of drug-likeness (QED) is 0.546. The molecule has 0 aromatic heterocycles. The first-order chi connectivity index (χ1) is 8.95. The van der Waals surface area contributed by atoms with Gasteiger partial charge in [0.1, 0.15) is 0 Å². The van der Waals surface area contributed by atoms with Gasteiger partial charge in [-0.2, -0.15) is 0 Å². The molecule has 19 heavy (non-hydrogen) atoms. The highest BCUT2D eigenvalue weighted by Crippen LogP contribution is 2.22. The van der Waals surface area contributed by atoms with Gasteiger partial charge in [0.25, 0.3) is 0 Å². The number of hydrogen-bond donors (Lipinski definition) is 3. The van der Waals surface area contributed by atoms with E-state index in [4.69, 9.17) is 9.84 Å². The van der Waals surface area contributed by atoms with Crippen molar-refractivity contribution in [2.75, 3.05) is 6.61 Å². The third-order valence-electron chi connectivity index (χ3n) is 2.56. The van der Waals surface area contributed by atoms with Crippen LogP contribution in [-0.4, -0.2) is 28.8 Å². The lowest BCUT2D eigenvalue weighted by molar-refractivity contribution is -0.147. The largest absolute Gasteiger partial charge is 0.479 e. The van der Waals surface area contributed by atoms with E-state index in [0.717, 1.165) is 0 Å². The number of hydrogen-bond acceptors (Lipinski definition) is 5. The lowest BCUT2D eigenvalue weighted by Crippen LogP contribution is -2.11. The van der Waals surface area contributed by atoms with Crippen LogP contribution in [0.1, 0.15) is 30.6 Å². The second-order valence-corrected chi connectivity index (χ2v) is 4.42. The van der Waals surface area contributed by atoms with E-state index in [1.165, 1.54) is 6.07 Å². The minimum absolute atomic E-state index is 0.189. The van der Waals surface area contributed by atoms with E-state index >= 15 is 0 Å². The van der Waals surface area contributed by atoms with Gasteiger partial charge in [-0.25, -0.2) is 4.79 Å². The summed E-state index contributed by atoms with van der Waals surface area (Å²) < 4.78 is 4.81. The van der Waals surface area contributed by atoms with Crippen molar-refractivity contribution < 1.29 is 24.5 Å². The first-order valence-electron chi connectivity index (χ1n) is 5.84. The van der Waals surface area contributed by atoms with Gasteiger partial charge in [-0.3, -0.25) is 4.79 Å². The number of carboxylic acids is 1. The molecule has 0 fully saturated rings. The fourth-order valence-corrected chi connectivity index (χ4v) is 1.84. The highest BCUT2D eigenvalue weighted by molar-refractivity contribution is 7.80. The maximum absolute atomic E-state index is 11.3. The molecule has 0 bridgehead atoms. The van der Waals surface area contributed by atoms with Gasteiger partial charge >= 0.3 is 11.9 Å². The van der Waals surface area contributed by atoms with Gasteiger partial charge < -0.3 is 14.9 Å². The molecule has 0 aliphatic rings. The molecular formula is C13H16O5S. The van der Waals surface area contributed by atoms with E-state index in [9.17, 15) is 14.7 Å². The Labute approximate surface area is 116 Å². The highest BCUT2D eigenvalue weighted by Gasteiger charge is 2.17. The molecule has 5 nitrogen and oxygen atoms in total. The zero-order valence-corrected chi connectivity index (χ0v) is 11.4. The van der Waals surface area contributed by atoms with E-state index < -0.39 is 12.1 Å². The van der Waals surface area contributed by atoms with E-state index in [1.54, 1.807) is 19.1 Å². The summed E-state index contributed by atoms with van der Waals surface area (Å²) in [6.07, 6.45) is -0.999. The standard InChI is InChI=1S/C13H16O5S/c1-2-18-11(14)6-4-8-7-9(3-5-10(8)19)12(15)13(16)17/h3,5,7,12,15,19H,2,4,6H2,1H3,(H,16,17). The Morgan fingerprint density at radius 2 is 2.11 bits per heavy atom. The number of benzene rings is 1. The summed E-state index contributed by atoms with van der Waals surface area (Å²) in [6.45, 7) is 2.05. The van der Waals surface area contributed by atoms with Crippen molar-refractivity contribution in [3.05, 3.63) is 29.3 Å². The zero-order chi connectivity index (χ0) is 14.4. The molecule has 1 aromatic carbocycles. The van der Waals surface area contributed by atoms with Crippen molar-refractivity contribution in [2.45, 2.75) is 30.8 Å². The Balaban J connectivity index is 2.80. The smallest absolute Gasteiger partial charge is 0.337 e. The lowest BCUT2D eigenvalue weighted by Gasteiger charge is -2.10. The molecule has 2 N–H and O–H groups in total. The predicted octanol–water partition coefficient (Wildman–Crippen LogP) is 1.59. The normalized spacial score (nSPS) is 11.9. The zero-order valence-electron chi connectivity index (χ0n) is 10.5. The number of ether oxygens (including phenoxy) is 1. The average Bonchev–Trinajstić information content (AvgIpc) is 2.37. The third-order valence-corrected chi connectivity index (χ3v) is 2.99. The minimum atomic E-state index is -1.57. The Morgan fingerprint density at radius 3 is 2.68 bits per heavy atom. The van der Waals surface area contributed by atoms with Crippen LogP contribution in [0.3, 0.4) is 0 Å². The number of esters is 1. The van der Waals surface area contributed by atoms with E-state index in [2.05, 4.69) is 12.6 Å². The summed E-state index contributed by atoms with van der Waals surface area (Å²) in [4.78, 5) is 22.6. The molecule has 0 heterocycles. The second-order valence-electron chi connectivity index (χ2n) is 3.93.